The van der Waals surface area contributed by atoms with Crippen LogP contribution in [0.4, 0.5) is 0 Å². The van der Waals surface area contributed by atoms with Crippen LogP contribution in [0, 0.1) is 0 Å². The maximum absolute atomic E-state index is 13.3. The molecule has 1 N–H and O–H groups in total. The average molecular weight is 452 g/mol. The minimum Gasteiger partial charge on any atom is -0.394 e. The summed E-state index contributed by atoms with van der Waals surface area (Å²) >= 11 is 0. The first-order valence-corrected chi connectivity index (χ1v) is 12.9. The smallest absolute Gasteiger partial charge is 0.330 e. The summed E-state index contributed by atoms with van der Waals surface area (Å²) < 4.78 is 3.17. The lowest BCUT2D eigenvalue weighted by molar-refractivity contribution is -0.153. The second kappa shape index (κ2) is 14.7. The van der Waals surface area contributed by atoms with Crippen molar-refractivity contribution < 1.29 is 9.94 Å². The van der Waals surface area contributed by atoms with Crippen LogP contribution in [0.3, 0.4) is 0 Å². The lowest BCUT2D eigenvalue weighted by atomic mass is 10.0. The van der Waals surface area contributed by atoms with E-state index in [0.29, 0.717) is 25.1 Å². The third kappa shape index (κ3) is 7.85. The maximum atomic E-state index is 13.3. The van der Waals surface area contributed by atoms with Gasteiger partial charge in [-0.25, -0.2) is 4.79 Å². The van der Waals surface area contributed by atoms with Gasteiger partial charge in [0.2, 0.25) is 0 Å². The molecule has 0 spiro atoms. The molecule has 7 nitrogen and oxygen atoms in total. The van der Waals surface area contributed by atoms with Crippen LogP contribution in [0.2, 0.25) is 0 Å². The van der Waals surface area contributed by atoms with Crippen molar-refractivity contribution in [2.24, 2.45) is 0 Å². The van der Waals surface area contributed by atoms with Gasteiger partial charge in [0.25, 0.3) is 5.56 Å². The third-order valence-electron chi connectivity index (χ3n) is 6.55. The molecule has 2 heterocycles. The molecule has 1 saturated heterocycles. The topological polar surface area (TPSA) is 76.7 Å². The van der Waals surface area contributed by atoms with Crippen molar-refractivity contribution >= 4 is 0 Å². The molecule has 7 heteroatoms. The van der Waals surface area contributed by atoms with Gasteiger partial charge in [-0.05, 0) is 12.8 Å². The van der Waals surface area contributed by atoms with Crippen molar-refractivity contribution in [3.8, 4) is 0 Å². The predicted molar refractivity (Wildman–Crippen MR) is 129 cm³/mol. The molecule has 0 amide bonds. The van der Waals surface area contributed by atoms with Crippen LogP contribution >= 0.6 is 0 Å². The van der Waals surface area contributed by atoms with E-state index in [1.807, 2.05) is 0 Å². The van der Waals surface area contributed by atoms with Crippen LogP contribution in [0.1, 0.15) is 109 Å². The van der Waals surface area contributed by atoms with E-state index in [1.54, 1.807) is 22.9 Å². The molecule has 1 aliphatic rings. The van der Waals surface area contributed by atoms with Crippen molar-refractivity contribution in [2.75, 3.05) is 13.7 Å². The minimum absolute atomic E-state index is 0.0792. The van der Waals surface area contributed by atoms with E-state index in [0.717, 1.165) is 32.1 Å². The van der Waals surface area contributed by atoms with Gasteiger partial charge in [0.15, 0.2) is 0 Å². The van der Waals surface area contributed by atoms with E-state index in [9.17, 15) is 14.7 Å². The summed E-state index contributed by atoms with van der Waals surface area (Å²) in [6, 6.07) is -0.244. The average Bonchev–Trinajstić information content (AvgIpc) is 3.16. The molecular formula is C25H45N3O4. The van der Waals surface area contributed by atoms with Crippen molar-refractivity contribution in [3.05, 3.63) is 32.6 Å². The normalized spacial score (nSPS) is 19.1. The van der Waals surface area contributed by atoms with Gasteiger partial charge in [0, 0.05) is 32.8 Å². The summed E-state index contributed by atoms with van der Waals surface area (Å²) in [6.45, 7) is 5.43. The van der Waals surface area contributed by atoms with Crippen LogP contribution in [-0.2, 0) is 17.9 Å². The number of rotatable bonds is 16. The highest BCUT2D eigenvalue weighted by molar-refractivity contribution is 5.13. The molecule has 0 saturated carbocycles. The van der Waals surface area contributed by atoms with Gasteiger partial charge < -0.3 is 9.67 Å². The Bertz CT molecular complexity index is 773. The van der Waals surface area contributed by atoms with E-state index in [4.69, 9.17) is 4.84 Å². The molecule has 0 aliphatic carbocycles. The Kier molecular flexibility index (Phi) is 12.3. The summed E-state index contributed by atoms with van der Waals surface area (Å²) in [6.07, 6.45) is 15.6. The number of unbranched alkanes of at least 4 members (excludes halogenated alkanes) is 10. The first-order chi connectivity index (χ1) is 15.5. The van der Waals surface area contributed by atoms with E-state index in [2.05, 4.69) is 13.8 Å². The Labute approximate surface area is 193 Å². The molecule has 1 fully saturated rings. The van der Waals surface area contributed by atoms with E-state index < -0.39 is 0 Å². The number of aryl methyl sites for hydroxylation is 1. The van der Waals surface area contributed by atoms with E-state index in [1.165, 1.54) is 49.5 Å². The molecule has 32 heavy (non-hydrogen) atoms. The standard InChI is InChI=1S/C25H45N3O4/c1-4-6-8-10-12-14-16-27-19-22(23-18-21(20-29)32-26(23)3)24(30)28(25(27)31)17-15-13-11-9-7-5-2/h19,21,23,29H,4-18,20H2,1-3H3/t21-,23-/m0/s1. The van der Waals surface area contributed by atoms with Gasteiger partial charge in [-0.3, -0.25) is 14.2 Å². The third-order valence-corrected chi connectivity index (χ3v) is 6.55. The number of hydrogen-bond donors (Lipinski definition) is 1. The summed E-state index contributed by atoms with van der Waals surface area (Å²) in [4.78, 5) is 32.1. The highest BCUT2D eigenvalue weighted by Crippen LogP contribution is 2.30. The van der Waals surface area contributed by atoms with Gasteiger partial charge in [-0.1, -0.05) is 78.1 Å². The van der Waals surface area contributed by atoms with Crippen LogP contribution < -0.4 is 11.2 Å². The first kappa shape index (κ1) is 26.8. The fourth-order valence-electron chi connectivity index (χ4n) is 4.55. The minimum atomic E-state index is -0.310. The van der Waals surface area contributed by atoms with Crippen LogP contribution in [-0.4, -0.2) is 39.1 Å². The molecule has 0 unspecified atom stereocenters. The lowest BCUT2D eigenvalue weighted by Crippen LogP contribution is -2.43. The number of aliphatic hydroxyl groups excluding tert-OH is 1. The Morgan fingerprint density at radius 2 is 1.47 bits per heavy atom. The highest BCUT2D eigenvalue weighted by atomic mass is 16.7. The molecule has 1 aromatic heterocycles. The maximum Gasteiger partial charge on any atom is 0.330 e. The van der Waals surface area contributed by atoms with Gasteiger partial charge in [0.05, 0.1) is 18.2 Å². The Balaban J connectivity index is 2.16. The summed E-state index contributed by atoms with van der Waals surface area (Å²) in [5.74, 6) is 0. The zero-order valence-corrected chi connectivity index (χ0v) is 20.6. The first-order valence-electron chi connectivity index (χ1n) is 12.9. The predicted octanol–water partition coefficient (Wildman–Crippen LogP) is 4.40. The van der Waals surface area contributed by atoms with Crippen molar-refractivity contribution in [3.63, 3.8) is 0 Å². The molecular weight excluding hydrogens is 406 g/mol. The zero-order valence-electron chi connectivity index (χ0n) is 20.6. The Morgan fingerprint density at radius 3 is 2.03 bits per heavy atom. The largest absolute Gasteiger partial charge is 0.394 e. The van der Waals surface area contributed by atoms with Crippen LogP contribution in [0.25, 0.3) is 0 Å². The molecule has 0 bridgehead atoms. The lowest BCUT2D eigenvalue weighted by Gasteiger charge is -2.20. The van der Waals surface area contributed by atoms with Gasteiger partial charge in [-0.15, -0.1) is 0 Å². The van der Waals surface area contributed by atoms with E-state index in [-0.39, 0.29) is 30.0 Å². The molecule has 0 aromatic carbocycles. The quantitative estimate of drug-likeness (QED) is 0.377. The Hall–Kier alpha value is -1.44. The van der Waals surface area contributed by atoms with E-state index >= 15 is 0 Å². The van der Waals surface area contributed by atoms with Crippen LogP contribution in [0.15, 0.2) is 15.8 Å². The summed E-state index contributed by atoms with van der Waals surface area (Å²) in [5.41, 5.74) is 0.197. The van der Waals surface area contributed by atoms with Crippen molar-refractivity contribution in [1.82, 2.24) is 14.2 Å². The highest BCUT2D eigenvalue weighted by Gasteiger charge is 2.34. The zero-order chi connectivity index (χ0) is 23.3. The monoisotopic (exact) mass is 451 g/mol. The van der Waals surface area contributed by atoms with Crippen molar-refractivity contribution in [1.29, 1.82) is 0 Å². The number of nitrogens with zero attached hydrogens (tertiary/aromatic N) is 3. The molecule has 2 rings (SSSR count). The van der Waals surface area contributed by atoms with Gasteiger partial charge in [0.1, 0.15) is 6.10 Å². The fraction of sp³-hybridized carbons (Fsp3) is 0.840. The second-order valence-electron chi connectivity index (χ2n) is 9.26. The molecule has 0 radical (unpaired) electrons. The van der Waals surface area contributed by atoms with Gasteiger partial charge in [-0.2, -0.15) is 5.06 Å². The number of hydroxylamine groups is 2. The van der Waals surface area contributed by atoms with Gasteiger partial charge >= 0.3 is 5.69 Å². The van der Waals surface area contributed by atoms with Crippen molar-refractivity contribution in [2.45, 2.75) is 123 Å². The summed E-state index contributed by atoms with van der Waals surface area (Å²) in [7, 11) is 1.79. The molecule has 2 atom stereocenters. The van der Waals surface area contributed by atoms with Crippen LogP contribution in [0.5, 0.6) is 0 Å². The molecule has 1 aliphatic heterocycles. The fourth-order valence-corrected chi connectivity index (χ4v) is 4.55. The SMILES string of the molecule is CCCCCCCCn1cc([C@@H]2C[C@@H](CO)ON2C)c(=O)n(CCCCCCCC)c1=O. The number of aliphatic hydroxyl groups is 1. The molecule has 1 aromatic rings. The number of hydrogen-bond acceptors (Lipinski definition) is 5. The molecule has 184 valence electrons. The second-order valence-corrected chi connectivity index (χ2v) is 9.26. The number of aromatic nitrogens is 2. The Morgan fingerprint density at radius 1 is 0.906 bits per heavy atom. The summed E-state index contributed by atoms with van der Waals surface area (Å²) in [5, 5.41) is 11.1.